The van der Waals surface area contributed by atoms with Gasteiger partial charge in [-0.05, 0) is 24.2 Å². The molecule has 0 amide bonds. The van der Waals surface area contributed by atoms with Crippen LogP contribution in [0.15, 0.2) is 28.8 Å². The van der Waals surface area contributed by atoms with Gasteiger partial charge in [0.1, 0.15) is 0 Å². The van der Waals surface area contributed by atoms with Crippen LogP contribution >= 0.6 is 12.2 Å². The number of hydrogen-bond acceptors (Lipinski definition) is 2. The van der Waals surface area contributed by atoms with Crippen molar-refractivity contribution in [1.29, 1.82) is 0 Å². The fourth-order valence-electron chi connectivity index (χ4n) is 0.743. The Labute approximate surface area is 59.8 Å². The van der Waals surface area contributed by atoms with E-state index in [-0.39, 0.29) is 0 Å². The zero-order chi connectivity index (χ0) is 6.53. The molecule has 0 bridgehead atoms. The van der Waals surface area contributed by atoms with Crippen LogP contribution < -0.4 is 0 Å². The lowest BCUT2D eigenvalue weighted by molar-refractivity contribution is 1.09. The zero-order valence-electron chi connectivity index (χ0n) is 5.00. The van der Waals surface area contributed by atoms with Gasteiger partial charge in [0.2, 0.25) is 0 Å². The normalized spacial score (nSPS) is 14.9. The molecule has 0 heterocycles. The average Bonchev–Trinajstić information content (AvgIpc) is 2.34. The molecule has 0 aromatic heterocycles. The topological polar surface area (TPSA) is 12.4 Å². The van der Waals surface area contributed by atoms with Crippen molar-refractivity contribution in [3.63, 3.8) is 0 Å². The van der Waals surface area contributed by atoms with Gasteiger partial charge in [0.15, 0.2) is 0 Å². The summed E-state index contributed by atoms with van der Waals surface area (Å²) in [5, 5.41) is 2.33. The van der Waals surface area contributed by atoms with Gasteiger partial charge in [-0.3, -0.25) is 0 Å². The van der Waals surface area contributed by atoms with E-state index in [2.05, 4.69) is 34.5 Å². The van der Waals surface area contributed by atoms with Gasteiger partial charge in [0.05, 0.1) is 11.7 Å². The lowest BCUT2D eigenvalue weighted by atomic mass is 10.2. The third-order valence-electron chi connectivity index (χ3n) is 1.19. The summed E-state index contributed by atoms with van der Waals surface area (Å²) >= 11 is 4.42. The lowest BCUT2D eigenvalue weighted by Crippen LogP contribution is -1.81. The number of rotatable bonds is 2. The van der Waals surface area contributed by atoms with Crippen molar-refractivity contribution in [1.82, 2.24) is 0 Å². The van der Waals surface area contributed by atoms with Crippen LogP contribution in [0.4, 0.5) is 0 Å². The molecule has 1 nitrogen and oxygen atoms in total. The molecule has 0 unspecified atom stereocenters. The minimum Gasteiger partial charge on any atom is -0.228 e. The Morgan fingerprint density at radius 2 is 2.67 bits per heavy atom. The molecule has 0 aromatic rings. The van der Waals surface area contributed by atoms with Crippen LogP contribution in [0.1, 0.15) is 6.42 Å². The summed E-state index contributed by atoms with van der Waals surface area (Å²) in [6.07, 6.45) is 7.24. The highest BCUT2D eigenvalue weighted by Gasteiger charge is 1.94. The molecule has 0 spiro atoms. The van der Waals surface area contributed by atoms with Gasteiger partial charge in [-0.2, -0.15) is 0 Å². The number of allylic oxidation sites excluding steroid dienone is 3. The third-order valence-corrected chi connectivity index (χ3v) is 1.32. The van der Waals surface area contributed by atoms with Gasteiger partial charge >= 0.3 is 0 Å². The van der Waals surface area contributed by atoms with Crippen molar-refractivity contribution in [3.05, 3.63) is 23.8 Å². The maximum atomic E-state index is 4.42. The largest absolute Gasteiger partial charge is 0.228 e. The standard InChI is InChI=1S/C7H7NS/c9-6-8-5-7-3-1-2-4-7/h1-3H,4-5H2. The first-order valence-electron chi connectivity index (χ1n) is 2.81. The summed E-state index contributed by atoms with van der Waals surface area (Å²) in [6.45, 7) is 0.719. The van der Waals surface area contributed by atoms with E-state index in [1.807, 2.05) is 6.08 Å². The molecule has 9 heavy (non-hydrogen) atoms. The molecule has 0 radical (unpaired) electrons. The quantitative estimate of drug-likeness (QED) is 0.418. The van der Waals surface area contributed by atoms with Crippen LogP contribution in [-0.2, 0) is 0 Å². The maximum absolute atomic E-state index is 4.42. The number of hydrogen-bond donors (Lipinski definition) is 0. The van der Waals surface area contributed by atoms with Crippen LogP contribution in [0.5, 0.6) is 0 Å². The molecule has 1 aliphatic carbocycles. The smallest absolute Gasteiger partial charge is 0.0709 e. The van der Waals surface area contributed by atoms with Gasteiger partial charge in [-0.1, -0.05) is 18.2 Å². The van der Waals surface area contributed by atoms with E-state index in [1.165, 1.54) is 5.57 Å². The first-order valence-corrected chi connectivity index (χ1v) is 3.22. The first kappa shape index (κ1) is 6.40. The second-order valence-electron chi connectivity index (χ2n) is 1.86. The Hall–Kier alpha value is -0.720. The molecule has 0 saturated carbocycles. The van der Waals surface area contributed by atoms with Crippen LogP contribution in [0.3, 0.4) is 0 Å². The monoisotopic (exact) mass is 137 g/mol. The van der Waals surface area contributed by atoms with E-state index in [1.54, 1.807) is 0 Å². The highest BCUT2D eigenvalue weighted by Crippen LogP contribution is 2.09. The minimum absolute atomic E-state index is 0.719. The van der Waals surface area contributed by atoms with Crippen molar-refractivity contribution >= 4 is 17.4 Å². The number of isothiocyanates is 1. The molecule has 2 heteroatoms. The van der Waals surface area contributed by atoms with E-state index in [9.17, 15) is 0 Å². The van der Waals surface area contributed by atoms with E-state index in [0.29, 0.717) is 0 Å². The highest BCUT2D eigenvalue weighted by molar-refractivity contribution is 7.78. The Balaban J connectivity index is 2.38. The number of nitrogens with zero attached hydrogens (tertiary/aromatic N) is 1. The molecule has 0 atom stereocenters. The van der Waals surface area contributed by atoms with Gasteiger partial charge in [0, 0.05) is 0 Å². The highest BCUT2D eigenvalue weighted by atomic mass is 32.1. The third kappa shape index (κ3) is 1.92. The second kappa shape index (κ2) is 3.33. The molecule has 0 fully saturated rings. The molecule has 1 rings (SSSR count). The summed E-state index contributed by atoms with van der Waals surface area (Å²) in [6, 6.07) is 0. The predicted octanol–water partition coefficient (Wildman–Crippen LogP) is 1.98. The molecular formula is C7H7NS. The molecular weight excluding hydrogens is 130 g/mol. The second-order valence-corrected chi connectivity index (χ2v) is 2.05. The maximum Gasteiger partial charge on any atom is 0.0709 e. The van der Waals surface area contributed by atoms with E-state index >= 15 is 0 Å². The number of aliphatic imine (C=N–C) groups is 1. The van der Waals surface area contributed by atoms with Crippen LogP contribution in [-0.4, -0.2) is 11.7 Å². The van der Waals surface area contributed by atoms with E-state index in [0.717, 1.165) is 13.0 Å². The van der Waals surface area contributed by atoms with Gasteiger partial charge < -0.3 is 0 Å². The summed E-state index contributed by atoms with van der Waals surface area (Å²) in [4.78, 5) is 3.81. The number of thiocarbonyl (C=S) groups is 1. The van der Waals surface area contributed by atoms with Crippen LogP contribution in [0.2, 0.25) is 0 Å². The van der Waals surface area contributed by atoms with E-state index < -0.39 is 0 Å². The Kier molecular flexibility index (Phi) is 2.37. The van der Waals surface area contributed by atoms with Crippen molar-refractivity contribution in [2.75, 3.05) is 6.54 Å². The fourth-order valence-corrected chi connectivity index (χ4v) is 0.807. The molecule has 0 aliphatic heterocycles. The van der Waals surface area contributed by atoms with Gasteiger partial charge in [-0.25, -0.2) is 4.99 Å². The average molecular weight is 137 g/mol. The van der Waals surface area contributed by atoms with Crippen LogP contribution in [0, 0.1) is 0 Å². The fraction of sp³-hybridized carbons (Fsp3) is 0.286. The van der Waals surface area contributed by atoms with Crippen molar-refractivity contribution < 1.29 is 0 Å². The van der Waals surface area contributed by atoms with E-state index in [4.69, 9.17) is 0 Å². The Morgan fingerprint density at radius 1 is 1.78 bits per heavy atom. The molecule has 0 saturated heterocycles. The summed E-state index contributed by atoms with van der Waals surface area (Å²) in [5.41, 5.74) is 1.31. The summed E-state index contributed by atoms with van der Waals surface area (Å²) in [5.74, 6) is 0. The van der Waals surface area contributed by atoms with Crippen molar-refractivity contribution in [3.8, 4) is 0 Å². The Morgan fingerprint density at radius 3 is 3.22 bits per heavy atom. The minimum atomic E-state index is 0.719. The first-order chi connectivity index (χ1) is 4.43. The molecule has 46 valence electrons. The van der Waals surface area contributed by atoms with Crippen molar-refractivity contribution in [2.24, 2.45) is 4.99 Å². The zero-order valence-corrected chi connectivity index (χ0v) is 5.82. The summed E-state index contributed by atoms with van der Waals surface area (Å²) < 4.78 is 0. The van der Waals surface area contributed by atoms with Crippen molar-refractivity contribution in [2.45, 2.75) is 6.42 Å². The lowest BCUT2D eigenvalue weighted by Gasteiger charge is -1.89. The SMILES string of the molecule is S=C=NCC1=CC=CC1. The molecule has 1 aliphatic rings. The molecule has 0 aromatic carbocycles. The summed E-state index contributed by atoms with van der Waals surface area (Å²) in [7, 11) is 0. The van der Waals surface area contributed by atoms with Gasteiger partial charge in [0.25, 0.3) is 0 Å². The molecule has 0 N–H and O–H groups in total. The van der Waals surface area contributed by atoms with Crippen LogP contribution in [0.25, 0.3) is 0 Å². The van der Waals surface area contributed by atoms with Gasteiger partial charge in [-0.15, -0.1) is 0 Å². The predicted molar refractivity (Wildman–Crippen MR) is 41.7 cm³/mol. The Bertz CT molecular complexity index is 197.